The van der Waals surface area contributed by atoms with Crippen LogP contribution in [0.1, 0.15) is 5.56 Å². The van der Waals surface area contributed by atoms with Gasteiger partial charge in [-0.05, 0) is 24.6 Å². The van der Waals surface area contributed by atoms with E-state index in [-0.39, 0.29) is 0 Å². The lowest BCUT2D eigenvalue weighted by atomic mass is 10.2. The maximum absolute atomic E-state index is 8.09. The van der Waals surface area contributed by atoms with Crippen LogP contribution < -0.4 is 0 Å². The molecule has 0 saturated carbocycles. The molecule has 0 aliphatic carbocycles. The molecule has 0 fully saturated rings. The molecule has 0 amide bonds. The second-order valence-electron chi connectivity index (χ2n) is 2.14. The van der Waals surface area contributed by atoms with Crippen molar-refractivity contribution in [1.29, 1.82) is 5.26 Å². The fraction of sp³-hybridized carbons (Fsp3) is 0.125. The van der Waals surface area contributed by atoms with Crippen LogP contribution in [0.5, 0.6) is 0 Å². The minimum absolute atomic E-state index is 0.714. The lowest BCUT2D eigenvalue weighted by molar-refractivity contribution is 1.22. The van der Waals surface area contributed by atoms with Crippen molar-refractivity contribution in [2.75, 3.05) is 0 Å². The maximum atomic E-state index is 8.09. The summed E-state index contributed by atoms with van der Waals surface area (Å²) in [6, 6.07) is 7.50. The summed E-state index contributed by atoms with van der Waals surface area (Å²) in [5.74, 6) is 0. The SMILES string of the molecule is Cc1cccc(N=NC#N)c1. The third-order valence-electron chi connectivity index (χ3n) is 1.21. The van der Waals surface area contributed by atoms with Crippen LogP contribution >= 0.6 is 0 Å². The number of benzene rings is 1. The summed E-state index contributed by atoms with van der Waals surface area (Å²) in [7, 11) is 0. The van der Waals surface area contributed by atoms with Crippen molar-refractivity contribution < 1.29 is 0 Å². The first-order valence-electron chi connectivity index (χ1n) is 3.19. The normalized spacial score (nSPS) is 9.82. The van der Waals surface area contributed by atoms with Crippen LogP contribution in [0.4, 0.5) is 5.69 Å². The molecule has 3 nitrogen and oxygen atoms in total. The maximum Gasteiger partial charge on any atom is 0.226 e. The number of nitriles is 1. The Kier molecular flexibility index (Phi) is 2.34. The number of hydrogen-bond donors (Lipinski definition) is 0. The zero-order chi connectivity index (χ0) is 8.10. The van der Waals surface area contributed by atoms with Crippen LogP contribution in [-0.2, 0) is 0 Å². The van der Waals surface area contributed by atoms with Gasteiger partial charge in [0.15, 0.2) is 0 Å². The minimum atomic E-state index is 0.714. The van der Waals surface area contributed by atoms with Crippen LogP contribution in [0, 0.1) is 18.4 Å². The largest absolute Gasteiger partial charge is 0.226 e. The summed E-state index contributed by atoms with van der Waals surface area (Å²) >= 11 is 0. The summed E-state index contributed by atoms with van der Waals surface area (Å²) in [6.45, 7) is 1.96. The third-order valence-corrected chi connectivity index (χ3v) is 1.21. The van der Waals surface area contributed by atoms with E-state index < -0.39 is 0 Å². The monoisotopic (exact) mass is 145 g/mol. The fourth-order valence-corrected chi connectivity index (χ4v) is 0.770. The van der Waals surface area contributed by atoms with Gasteiger partial charge in [-0.2, -0.15) is 5.26 Å². The Hall–Kier alpha value is -1.69. The number of hydrogen-bond acceptors (Lipinski definition) is 3. The lowest BCUT2D eigenvalue weighted by Crippen LogP contribution is -1.67. The van der Waals surface area contributed by atoms with Crippen molar-refractivity contribution in [1.82, 2.24) is 0 Å². The van der Waals surface area contributed by atoms with Crippen LogP contribution in [0.25, 0.3) is 0 Å². The molecule has 0 atom stereocenters. The van der Waals surface area contributed by atoms with E-state index in [9.17, 15) is 0 Å². The molecule has 0 N–H and O–H groups in total. The highest BCUT2D eigenvalue weighted by Crippen LogP contribution is 2.12. The van der Waals surface area contributed by atoms with Crippen molar-refractivity contribution in [2.45, 2.75) is 6.92 Å². The highest BCUT2D eigenvalue weighted by atomic mass is 15.1. The Balaban J connectivity index is 2.90. The summed E-state index contributed by atoms with van der Waals surface area (Å²) < 4.78 is 0. The Labute approximate surface area is 65.0 Å². The molecule has 11 heavy (non-hydrogen) atoms. The van der Waals surface area contributed by atoms with E-state index in [1.165, 1.54) is 0 Å². The first kappa shape index (κ1) is 7.42. The molecule has 0 aliphatic rings. The van der Waals surface area contributed by atoms with Crippen molar-refractivity contribution in [3.63, 3.8) is 0 Å². The van der Waals surface area contributed by atoms with Crippen molar-refractivity contribution in [3.8, 4) is 6.19 Å². The first-order valence-corrected chi connectivity index (χ1v) is 3.19. The molecule has 0 spiro atoms. The molecule has 54 valence electrons. The predicted octanol–water partition coefficient (Wildman–Crippen LogP) is 2.56. The number of nitrogens with zero attached hydrogens (tertiary/aromatic N) is 3. The molecule has 0 unspecified atom stereocenters. The van der Waals surface area contributed by atoms with Gasteiger partial charge < -0.3 is 0 Å². The first-order chi connectivity index (χ1) is 5.33. The lowest BCUT2D eigenvalue weighted by Gasteiger charge is -1.91. The third kappa shape index (κ3) is 2.18. The standard InChI is InChI=1S/C8H7N3/c1-7-3-2-4-8(5-7)11-10-6-9/h2-5H,1H3. The van der Waals surface area contributed by atoms with E-state index >= 15 is 0 Å². The average Bonchev–Trinajstić information content (AvgIpc) is 2.01. The van der Waals surface area contributed by atoms with Crippen molar-refractivity contribution in [2.24, 2.45) is 10.2 Å². The van der Waals surface area contributed by atoms with Crippen LogP contribution in [-0.4, -0.2) is 0 Å². The fourth-order valence-electron chi connectivity index (χ4n) is 0.770. The van der Waals surface area contributed by atoms with Crippen LogP contribution in [0.15, 0.2) is 34.5 Å². The zero-order valence-corrected chi connectivity index (χ0v) is 6.15. The van der Waals surface area contributed by atoms with Gasteiger partial charge in [0.25, 0.3) is 0 Å². The van der Waals surface area contributed by atoms with E-state index in [2.05, 4.69) is 10.2 Å². The van der Waals surface area contributed by atoms with Crippen LogP contribution in [0.3, 0.4) is 0 Å². The number of azo groups is 1. The molecule has 1 aromatic carbocycles. The van der Waals surface area contributed by atoms with Gasteiger partial charge in [0, 0.05) is 0 Å². The molecule has 1 aromatic rings. The highest BCUT2D eigenvalue weighted by molar-refractivity contribution is 5.38. The van der Waals surface area contributed by atoms with Gasteiger partial charge in [0.2, 0.25) is 6.19 Å². The van der Waals surface area contributed by atoms with Crippen LogP contribution in [0.2, 0.25) is 0 Å². The number of aryl methyl sites for hydroxylation is 1. The second kappa shape index (κ2) is 3.47. The second-order valence-corrected chi connectivity index (χ2v) is 2.14. The predicted molar refractivity (Wildman–Crippen MR) is 41.3 cm³/mol. The molecule has 0 radical (unpaired) electrons. The van der Waals surface area contributed by atoms with E-state index in [1.807, 2.05) is 25.1 Å². The van der Waals surface area contributed by atoms with E-state index in [0.29, 0.717) is 5.69 Å². The van der Waals surface area contributed by atoms with Gasteiger partial charge in [0.1, 0.15) is 0 Å². The summed E-state index contributed by atoms with van der Waals surface area (Å²) in [6.07, 6.45) is 1.59. The van der Waals surface area contributed by atoms with E-state index in [1.54, 1.807) is 12.3 Å². The quantitative estimate of drug-likeness (QED) is 0.442. The van der Waals surface area contributed by atoms with Crippen molar-refractivity contribution >= 4 is 5.69 Å². The Morgan fingerprint density at radius 1 is 1.45 bits per heavy atom. The molecule has 1 rings (SSSR count). The summed E-state index contributed by atoms with van der Waals surface area (Å²) in [5, 5.41) is 14.9. The van der Waals surface area contributed by atoms with Gasteiger partial charge in [-0.1, -0.05) is 17.2 Å². The van der Waals surface area contributed by atoms with Gasteiger partial charge in [0.05, 0.1) is 5.69 Å². The van der Waals surface area contributed by atoms with Gasteiger partial charge >= 0.3 is 0 Å². The van der Waals surface area contributed by atoms with Crippen molar-refractivity contribution in [3.05, 3.63) is 29.8 Å². The Morgan fingerprint density at radius 3 is 2.91 bits per heavy atom. The zero-order valence-electron chi connectivity index (χ0n) is 6.15. The molecular formula is C8H7N3. The molecular weight excluding hydrogens is 138 g/mol. The minimum Gasteiger partial charge on any atom is -0.169 e. The summed E-state index contributed by atoms with van der Waals surface area (Å²) in [4.78, 5) is 0. The number of rotatable bonds is 1. The van der Waals surface area contributed by atoms with E-state index in [4.69, 9.17) is 5.26 Å². The summed E-state index contributed by atoms with van der Waals surface area (Å²) in [5.41, 5.74) is 1.82. The molecule has 0 heterocycles. The van der Waals surface area contributed by atoms with Gasteiger partial charge in [-0.25, -0.2) is 0 Å². The average molecular weight is 145 g/mol. The highest BCUT2D eigenvalue weighted by Gasteiger charge is 1.87. The molecule has 0 bridgehead atoms. The molecule has 0 saturated heterocycles. The Bertz CT molecular complexity index is 309. The van der Waals surface area contributed by atoms with E-state index in [0.717, 1.165) is 5.56 Å². The molecule has 3 heteroatoms. The molecule has 0 aliphatic heterocycles. The molecule has 0 aromatic heterocycles. The van der Waals surface area contributed by atoms with Gasteiger partial charge in [-0.3, -0.25) is 0 Å². The topological polar surface area (TPSA) is 48.5 Å². The Morgan fingerprint density at radius 2 is 2.27 bits per heavy atom. The smallest absolute Gasteiger partial charge is 0.169 e. The van der Waals surface area contributed by atoms with Gasteiger partial charge in [-0.15, -0.1) is 5.11 Å².